The van der Waals surface area contributed by atoms with Gasteiger partial charge in [0.05, 0.1) is 11.4 Å². The second kappa shape index (κ2) is 14.4. The van der Waals surface area contributed by atoms with E-state index >= 15 is 0 Å². The fourth-order valence-corrected chi connectivity index (χ4v) is 7.72. The standard InChI is InChI=1S/C36H42N4O8S/c1-23-11-17-28(18-12-23)49(46,47)40-19-7-10-30(40)32(41)38-29(34(43)44)20-24-13-15-27(16-14-24)37-33(42)31-21-25-8-5-6-9-26(25)22-39(31)35(45)48-36(2,3)4/h5-6,8-9,11-18,29-31H,7,10,19-22H2,1-4H3,(H,37,42)(H,38,41)(H,43,44)/t29-,30-,31-/m0/s1. The molecule has 0 aliphatic carbocycles. The molecule has 2 heterocycles. The highest BCUT2D eigenvalue weighted by Gasteiger charge is 2.41. The largest absolute Gasteiger partial charge is 0.480 e. The van der Waals surface area contributed by atoms with E-state index in [2.05, 4.69) is 10.6 Å². The molecule has 13 heteroatoms. The first-order valence-corrected chi connectivity index (χ1v) is 17.6. The lowest BCUT2D eigenvalue weighted by molar-refractivity contribution is -0.142. The number of amides is 3. The molecule has 3 amide bonds. The van der Waals surface area contributed by atoms with Crippen LogP contribution in [0.3, 0.4) is 0 Å². The molecule has 3 aromatic rings. The quantitative estimate of drug-likeness (QED) is 0.300. The number of benzene rings is 3. The van der Waals surface area contributed by atoms with Crippen LogP contribution in [0.4, 0.5) is 10.5 Å². The molecule has 3 aromatic carbocycles. The number of carbonyl (C=O) groups is 4. The van der Waals surface area contributed by atoms with Gasteiger partial charge in [-0.3, -0.25) is 14.5 Å². The van der Waals surface area contributed by atoms with Crippen LogP contribution in [0, 0.1) is 6.92 Å². The van der Waals surface area contributed by atoms with Crippen molar-refractivity contribution in [2.75, 3.05) is 11.9 Å². The molecule has 5 rings (SSSR count). The Kier molecular flexibility index (Phi) is 10.4. The molecular weight excluding hydrogens is 648 g/mol. The van der Waals surface area contributed by atoms with Gasteiger partial charge in [-0.15, -0.1) is 0 Å². The minimum absolute atomic E-state index is 0.0709. The maximum atomic E-state index is 13.5. The van der Waals surface area contributed by atoms with Crippen molar-refractivity contribution in [1.29, 1.82) is 0 Å². The van der Waals surface area contributed by atoms with E-state index in [1.54, 1.807) is 57.2 Å². The van der Waals surface area contributed by atoms with Gasteiger partial charge in [-0.2, -0.15) is 4.31 Å². The van der Waals surface area contributed by atoms with Crippen LogP contribution in [0.1, 0.15) is 55.9 Å². The third-order valence-electron chi connectivity index (χ3n) is 8.59. The highest BCUT2D eigenvalue weighted by atomic mass is 32.2. The van der Waals surface area contributed by atoms with Crippen molar-refractivity contribution in [1.82, 2.24) is 14.5 Å². The number of fused-ring (bicyclic) bond motifs is 1. The molecule has 260 valence electrons. The molecular formula is C36H42N4O8S. The van der Waals surface area contributed by atoms with Crippen LogP contribution >= 0.6 is 0 Å². The summed E-state index contributed by atoms with van der Waals surface area (Å²) in [5.74, 6) is -2.34. The zero-order chi connectivity index (χ0) is 35.5. The van der Waals surface area contributed by atoms with E-state index in [1.807, 2.05) is 31.2 Å². The Bertz CT molecular complexity index is 1820. The monoisotopic (exact) mass is 690 g/mol. The molecule has 2 aliphatic heterocycles. The summed E-state index contributed by atoms with van der Waals surface area (Å²) in [7, 11) is -3.96. The van der Waals surface area contributed by atoms with Crippen LogP contribution < -0.4 is 10.6 Å². The van der Waals surface area contributed by atoms with Crippen LogP contribution in [0.25, 0.3) is 0 Å². The fourth-order valence-electron chi connectivity index (χ4n) is 6.06. The van der Waals surface area contributed by atoms with Gasteiger partial charge in [-0.25, -0.2) is 18.0 Å². The molecule has 1 fully saturated rings. The number of sulfonamides is 1. The van der Waals surface area contributed by atoms with Gasteiger partial charge in [0.1, 0.15) is 23.7 Å². The van der Waals surface area contributed by atoms with Crippen molar-refractivity contribution in [3.05, 3.63) is 95.1 Å². The fraction of sp³-hybridized carbons (Fsp3) is 0.389. The Hall–Kier alpha value is -4.75. The minimum Gasteiger partial charge on any atom is -0.480 e. The lowest BCUT2D eigenvalue weighted by Crippen LogP contribution is -2.52. The summed E-state index contributed by atoms with van der Waals surface area (Å²) >= 11 is 0. The molecule has 12 nitrogen and oxygen atoms in total. The third kappa shape index (κ3) is 8.46. The van der Waals surface area contributed by atoms with E-state index < -0.39 is 57.6 Å². The normalized spacial score (nSPS) is 18.7. The van der Waals surface area contributed by atoms with E-state index in [1.165, 1.54) is 17.0 Å². The van der Waals surface area contributed by atoms with Crippen molar-refractivity contribution in [3.8, 4) is 0 Å². The van der Waals surface area contributed by atoms with E-state index in [0.29, 0.717) is 24.1 Å². The average Bonchev–Trinajstić information content (AvgIpc) is 3.55. The number of hydrogen-bond acceptors (Lipinski definition) is 7. The van der Waals surface area contributed by atoms with E-state index in [-0.39, 0.29) is 30.8 Å². The maximum Gasteiger partial charge on any atom is 0.411 e. The SMILES string of the molecule is Cc1ccc(S(=O)(=O)N2CCC[C@H]2C(=O)N[C@@H](Cc2ccc(NC(=O)[C@@H]3Cc4ccccc4CN3C(=O)OC(C)(C)C)cc2)C(=O)O)cc1. The van der Waals surface area contributed by atoms with Crippen LogP contribution in [-0.4, -0.2) is 76.9 Å². The van der Waals surface area contributed by atoms with E-state index in [0.717, 1.165) is 21.0 Å². The Morgan fingerprint density at radius 1 is 0.918 bits per heavy atom. The van der Waals surface area contributed by atoms with Gasteiger partial charge in [0, 0.05) is 25.1 Å². The second-order valence-corrected chi connectivity index (χ2v) is 15.4. The summed E-state index contributed by atoms with van der Waals surface area (Å²) in [6, 6.07) is 17.3. The maximum absolute atomic E-state index is 13.5. The Morgan fingerprint density at radius 2 is 1.57 bits per heavy atom. The predicted octanol–water partition coefficient (Wildman–Crippen LogP) is 4.26. The topological polar surface area (TPSA) is 162 Å². The molecule has 2 aliphatic rings. The first-order valence-electron chi connectivity index (χ1n) is 16.2. The van der Waals surface area contributed by atoms with Gasteiger partial charge in [0.2, 0.25) is 21.8 Å². The Balaban J connectivity index is 1.24. The van der Waals surface area contributed by atoms with Crippen LogP contribution in [-0.2, 0) is 48.5 Å². The van der Waals surface area contributed by atoms with Gasteiger partial charge in [0.15, 0.2) is 0 Å². The van der Waals surface area contributed by atoms with Crippen LogP contribution in [0.5, 0.6) is 0 Å². The highest BCUT2D eigenvalue weighted by Crippen LogP contribution is 2.28. The molecule has 49 heavy (non-hydrogen) atoms. The smallest absolute Gasteiger partial charge is 0.411 e. The number of aliphatic carboxylic acids is 1. The number of anilines is 1. The number of hydrogen-bond donors (Lipinski definition) is 3. The van der Waals surface area contributed by atoms with Gasteiger partial charge in [-0.1, -0.05) is 54.1 Å². The van der Waals surface area contributed by atoms with Gasteiger partial charge >= 0.3 is 12.1 Å². The molecule has 3 N–H and O–H groups in total. The minimum atomic E-state index is -3.96. The number of nitrogens with zero attached hydrogens (tertiary/aromatic N) is 2. The number of aryl methyl sites for hydroxylation is 1. The summed E-state index contributed by atoms with van der Waals surface area (Å²) in [5.41, 5.74) is 3.07. The average molecular weight is 691 g/mol. The predicted molar refractivity (Wildman–Crippen MR) is 182 cm³/mol. The summed E-state index contributed by atoms with van der Waals surface area (Å²) in [6.45, 7) is 7.51. The summed E-state index contributed by atoms with van der Waals surface area (Å²) in [5, 5.41) is 15.3. The molecule has 0 bridgehead atoms. The number of ether oxygens (including phenoxy) is 1. The zero-order valence-electron chi connectivity index (χ0n) is 28.0. The number of carboxylic acid groups (broad SMARTS) is 1. The van der Waals surface area contributed by atoms with Crippen molar-refractivity contribution in [2.24, 2.45) is 0 Å². The van der Waals surface area contributed by atoms with Crippen molar-refractivity contribution < 1.29 is 37.4 Å². The molecule has 0 saturated carbocycles. The number of nitrogens with one attached hydrogen (secondary N) is 2. The number of rotatable bonds is 9. The highest BCUT2D eigenvalue weighted by molar-refractivity contribution is 7.89. The molecule has 0 spiro atoms. The second-order valence-electron chi connectivity index (χ2n) is 13.5. The van der Waals surface area contributed by atoms with E-state index in [4.69, 9.17) is 4.74 Å². The van der Waals surface area contributed by atoms with Crippen molar-refractivity contribution in [3.63, 3.8) is 0 Å². The Labute approximate surface area is 286 Å². The lowest BCUT2D eigenvalue weighted by atomic mass is 9.93. The molecule has 3 atom stereocenters. The zero-order valence-corrected chi connectivity index (χ0v) is 28.8. The summed E-state index contributed by atoms with van der Waals surface area (Å²) < 4.78 is 33.4. The van der Waals surface area contributed by atoms with Crippen LogP contribution in [0.15, 0.2) is 77.7 Å². The number of carboxylic acids is 1. The van der Waals surface area contributed by atoms with Crippen molar-refractivity contribution >= 4 is 39.6 Å². The summed E-state index contributed by atoms with van der Waals surface area (Å²) in [6.07, 6.45) is 0.391. The van der Waals surface area contributed by atoms with Gasteiger partial charge in [0.25, 0.3) is 0 Å². The lowest BCUT2D eigenvalue weighted by Gasteiger charge is -2.36. The molecule has 1 saturated heterocycles. The third-order valence-corrected chi connectivity index (χ3v) is 10.5. The van der Waals surface area contributed by atoms with Gasteiger partial charge < -0.3 is 20.5 Å². The van der Waals surface area contributed by atoms with Gasteiger partial charge in [-0.05, 0) is 81.5 Å². The van der Waals surface area contributed by atoms with Crippen molar-refractivity contribution in [2.45, 2.75) is 88.5 Å². The summed E-state index contributed by atoms with van der Waals surface area (Å²) in [4.78, 5) is 53.6. The first kappa shape index (κ1) is 35.6. The van der Waals surface area contributed by atoms with E-state index in [9.17, 15) is 32.7 Å². The Morgan fingerprint density at radius 3 is 2.20 bits per heavy atom. The molecule has 0 radical (unpaired) electrons. The molecule has 0 unspecified atom stereocenters. The number of carbonyl (C=O) groups excluding carboxylic acids is 3. The molecule has 0 aromatic heterocycles. The first-order chi connectivity index (χ1) is 23.1. The van der Waals surface area contributed by atoms with Crippen LogP contribution in [0.2, 0.25) is 0 Å².